The summed E-state index contributed by atoms with van der Waals surface area (Å²) in [6.45, 7) is 1.84. The first-order valence-corrected chi connectivity index (χ1v) is 9.73. The molecule has 3 rings (SSSR count). The van der Waals surface area contributed by atoms with E-state index in [1.165, 1.54) is 20.6 Å². The largest absolute Gasteiger partial charge is 0.351 e. The van der Waals surface area contributed by atoms with E-state index >= 15 is 0 Å². The fourth-order valence-electron chi connectivity index (χ4n) is 3.48. The second-order valence-electron chi connectivity index (χ2n) is 5.94. The van der Waals surface area contributed by atoms with Crippen LogP contribution in [-0.4, -0.2) is 32.2 Å². The Labute approximate surface area is 137 Å². The maximum atomic E-state index is 13.3. The topological polar surface area (TPSA) is 38.8 Å². The van der Waals surface area contributed by atoms with E-state index in [4.69, 9.17) is 9.05 Å². The second kappa shape index (κ2) is 7.14. The molecule has 0 bridgehead atoms. The van der Waals surface area contributed by atoms with E-state index in [0.29, 0.717) is 0 Å². The molecule has 1 saturated heterocycles. The lowest BCUT2D eigenvalue weighted by molar-refractivity contribution is 0.166. The lowest BCUT2D eigenvalue weighted by atomic mass is 10.0. The lowest BCUT2D eigenvalue weighted by Gasteiger charge is -2.37. The smallest absolute Gasteiger partial charge is 0.311 e. The zero-order valence-electron chi connectivity index (χ0n) is 13.8. The molecule has 124 valence electrons. The van der Waals surface area contributed by atoms with Gasteiger partial charge in [0, 0.05) is 14.2 Å². The first-order chi connectivity index (χ1) is 11.2. The quantitative estimate of drug-likeness (QED) is 0.736. The highest BCUT2D eigenvalue weighted by molar-refractivity contribution is 7.54. The van der Waals surface area contributed by atoms with Gasteiger partial charge in [-0.2, -0.15) is 0 Å². The van der Waals surface area contributed by atoms with Crippen molar-refractivity contribution in [2.75, 3.05) is 27.3 Å². The molecule has 1 aliphatic rings. The molecule has 5 heteroatoms. The van der Waals surface area contributed by atoms with E-state index < -0.39 is 7.60 Å². The van der Waals surface area contributed by atoms with E-state index in [-0.39, 0.29) is 5.78 Å². The minimum absolute atomic E-state index is 0.358. The highest BCUT2D eigenvalue weighted by atomic mass is 31.2. The standard InChI is InChI=1S/C18H24NO3P/c1-21-23(20,22-2)18(19-13-6-3-7-14-19)17-12-8-10-15-9-4-5-11-16(15)17/h4-5,8-12,18H,3,6-7,13-14H2,1-2H3. The van der Waals surface area contributed by atoms with Crippen molar-refractivity contribution in [2.45, 2.75) is 25.0 Å². The predicted molar refractivity (Wildman–Crippen MR) is 93.7 cm³/mol. The maximum absolute atomic E-state index is 13.3. The van der Waals surface area contributed by atoms with Crippen molar-refractivity contribution < 1.29 is 13.6 Å². The van der Waals surface area contributed by atoms with Crippen LogP contribution in [0.15, 0.2) is 42.5 Å². The third-order valence-electron chi connectivity index (χ3n) is 4.65. The number of rotatable bonds is 5. The Balaban J connectivity index is 2.15. The van der Waals surface area contributed by atoms with Gasteiger partial charge in [0.25, 0.3) is 0 Å². The third kappa shape index (κ3) is 3.22. The molecule has 0 spiro atoms. The van der Waals surface area contributed by atoms with E-state index in [9.17, 15) is 4.57 Å². The molecular formula is C18H24NO3P. The monoisotopic (exact) mass is 333 g/mol. The van der Waals surface area contributed by atoms with E-state index in [2.05, 4.69) is 23.1 Å². The second-order valence-corrected chi connectivity index (χ2v) is 8.24. The summed E-state index contributed by atoms with van der Waals surface area (Å²) in [6, 6.07) is 14.3. The molecule has 4 nitrogen and oxygen atoms in total. The molecule has 0 radical (unpaired) electrons. The summed E-state index contributed by atoms with van der Waals surface area (Å²) >= 11 is 0. The molecule has 0 amide bonds. The Hall–Kier alpha value is -1.19. The van der Waals surface area contributed by atoms with Crippen LogP contribution in [0.3, 0.4) is 0 Å². The molecule has 0 aliphatic carbocycles. The van der Waals surface area contributed by atoms with Crippen LogP contribution in [0.5, 0.6) is 0 Å². The van der Waals surface area contributed by atoms with Crippen LogP contribution >= 0.6 is 7.60 Å². The predicted octanol–water partition coefficient (Wildman–Crippen LogP) is 4.81. The van der Waals surface area contributed by atoms with Gasteiger partial charge in [0.15, 0.2) is 0 Å². The summed E-state index contributed by atoms with van der Waals surface area (Å²) in [4.78, 5) is 2.26. The molecule has 0 saturated carbocycles. The Morgan fingerprint density at radius 1 is 0.957 bits per heavy atom. The fraction of sp³-hybridized carbons (Fsp3) is 0.444. The highest BCUT2D eigenvalue weighted by Gasteiger charge is 2.41. The van der Waals surface area contributed by atoms with Gasteiger partial charge in [-0.25, -0.2) is 0 Å². The van der Waals surface area contributed by atoms with Crippen LogP contribution in [0.25, 0.3) is 10.8 Å². The first kappa shape index (κ1) is 16.7. The molecule has 2 aromatic rings. The Bertz CT molecular complexity index is 699. The molecule has 1 atom stereocenters. The van der Waals surface area contributed by atoms with Crippen molar-refractivity contribution in [3.63, 3.8) is 0 Å². The van der Waals surface area contributed by atoms with Crippen LogP contribution in [0.2, 0.25) is 0 Å². The van der Waals surface area contributed by atoms with Crippen LogP contribution in [-0.2, 0) is 13.6 Å². The maximum Gasteiger partial charge on any atom is 0.351 e. The summed E-state index contributed by atoms with van der Waals surface area (Å²) in [6.07, 6.45) is 3.46. The first-order valence-electron chi connectivity index (χ1n) is 8.12. The number of hydrogen-bond donors (Lipinski definition) is 0. The van der Waals surface area contributed by atoms with Crippen molar-refractivity contribution >= 4 is 18.4 Å². The van der Waals surface area contributed by atoms with Crippen molar-refractivity contribution in [3.8, 4) is 0 Å². The van der Waals surface area contributed by atoms with Crippen molar-refractivity contribution in [1.29, 1.82) is 0 Å². The van der Waals surface area contributed by atoms with Gasteiger partial charge in [-0.3, -0.25) is 9.46 Å². The normalized spacial score (nSPS) is 18.2. The van der Waals surface area contributed by atoms with Gasteiger partial charge in [0.2, 0.25) is 0 Å². The zero-order valence-corrected chi connectivity index (χ0v) is 14.7. The molecule has 1 aliphatic heterocycles. The SMILES string of the molecule is COP(=O)(OC)C(c1cccc2ccccc12)N1CCCCC1. The molecule has 1 fully saturated rings. The van der Waals surface area contributed by atoms with Gasteiger partial charge in [-0.15, -0.1) is 0 Å². The number of fused-ring (bicyclic) bond motifs is 1. The van der Waals surface area contributed by atoms with Gasteiger partial charge < -0.3 is 9.05 Å². The van der Waals surface area contributed by atoms with Gasteiger partial charge in [0.1, 0.15) is 5.78 Å². The van der Waals surface area contributed by atoms with E-state index in [0.717, 1.165) is 42.3 Å². The number of hydrogen-bond acceptors (Lipinski definition) is 4. The Kier molecular flexibility index (Phi) is 5.17. The van der Waals surface area contributed by atoms with E-state index in [1.807, 2.05) is 24.3 Å². The summed E-state index contributed by atoms with van der Waals surface area (Å²) < 4.78 is 24.1. The summed E-state index contributed by atoms with van der Waals surface area (Å²) in [5.41, 5.74) is 1.03. The van der Waals surface area contributed by atoms with Crippen molar-refractivity contribution in [1.82, 2.24) is 4.90 Å². The summed E-state index contributed by atoms with van der Waals surface area (Å²) in [5, 5.41) is 2.26. The molecular weight excluding hydrogens is 309 g/mol. The molecule has 0 N–H and O–H groups in total. The molecule has 0 aromatic heterocycles. The lowest BCUT2D eigenvalue weighted by Crippen LogP contribution is -2.34. The molecule has 1 heterocycles. The van der Waals surface area contributed by atoms with Crippen LogP contribution in [0, 0.1) is 0 Å². The number of nitrogens with zero attached hydrogens (tertiary/aromatic N) is 1. The Morgan fingerprint density at radius 2 is 1.61 bits per heavy atom. The highest BCUT2D eigenvalue weighted by Crippen LogP contribution is 2.62. The van der Waals surface area contributed by atoms with Crippen molar-refractivity contribution in [3.05, 3.63) is 48.0 Å². The minimum Gasteiger partial charge on any atom is -0.311 e. The van der Waals surface area contributed by atoms with Gasteiger partial charge in [-0.05, 0) is 42.3 Å². The summed E-state index contributed by atoms with van der Waals surface area (Å²) in [7, 11) is -0.303. The van der Waals surface area contributed by atoms with Crippen LogP contribution in [0.4, 0.5) is 0 Å². The van der Waals surface area contributed by atoms with Gasteiger partial charge in [0.05, 0.1) is 0 Å². The van der Waals surface area contributed by atoms with Crippen LogP contribution < -0.4 is 0 Å². The average Bonchev–Trinajstić information content (AvgIpc) is 2.63. The van der Waals surface area contributed by atoms with Crippen LogP contribution in [0.1, 0.15) is 30.6 Å². The molecule has 1 unspecified atom stereocenters. The van der Waals surface area contributed by atoms with E-state index in [1.54, 1.807) is 0 Å². The summed E-state index contributed by atoms with van der Waals surface area (Å²) in [5.74, 6) is -0.358. The molecule has 2 aromatic carbocycles. The van der Waals surface area contributed by atoms with Crippen molar-refractivity contribution in [2.24, 2.45) is 0 Å². The third-order valence-corrected chi connectivity index (χ3v) is 6.87. The zero-order chi connectivity index (χ0) is 16.3. The molecule has 23 heavy (non-hydrogen) atoms. The number of piperidine rings is 1. The van der Waals surface area contributed by atoms with Gasteiger partial charge >= 0.3 is 7.60 Å². The van der Waals surface area contributed by atoms with Gasteiger partial charge in [-0.1, -0.05) is 48.9 Å². The number of benzene rings is 2. The minimum atomic E-state index is -3.26. The number of likely N-dealkylation sites (tertiary alicyclic amines) is 1. The fourth-order valence-corrected chi connectivity index (χ4v) is 5.23. The Morgan fingerprint density at radius 3 is 2.30 bits per heavy atom. The average molecular weight is 333 g/mol.